The first-order valence-corrected chi connectivity index (χ1v) is 9.02. The number of Topliss-reactive ketones (excluding diaryl/α,β-unsaturated/α-hetero) is 1. The van der Waals surface area contributed by atoms with Crippen LogP contribution in [-0.2, 0) is 19.2 Å². The first kappa shape index (κ1) is 30.6. The van der Waals surface area contributed by atoms with Crippen molar-refractivity contribution in [2.75, 3.05) is 78.7 Å². The maximum atomic E-state index is 11.5. The van der Waals surface area contributed by atoms with Crippen molar-refractivity contribution < 1.29 is 74.4 Å². The molecule has 0 aromatic heterocycles. The molecule has 0 aromatic carbocycles. The zero-order valence-electron chi connectivity index (χ0n) is 16.8. The van der Waals surface area contributed by atoms with Crippen LogP contribution in [-0.4, -0.2) is 138 Å². The number of aliphatic carboxylic acids is 2. The Kier molecular flexibility index (Phi) is 19.2. The molecule has 0 spiro atoms. The second-order valence-corrected chi connectivity index (χ2v) is 6.58. The Morgan fingerprint density at radius 3 is 1.21 bits per heavy atom. The van der Waals surface area contributed by atoms with Gasteiger partial charge in [0.1, 0.15) is 12.6 Å². The summed E-state index contributed by atoms with van der Waals surface area (Å²) in [4.78, 5) is 48.9. The molecule has 0 atom stereocenters. The summed E-state index contributed by atoms with van der Waals surface area (Å²) in [7, 11) is 0. The number of hydrogen-bond donors (Lipinski definition) is 3. The molecule has 1 fully saturated rings. The molecule has 12 heteroatoms. The van der Waals surface area contributed by atoms with Gasteiger partial charge in [-0.3, -0.25) is 34.0 Å². The fourth-order valence-corrected chi connectivity index (χ4v) is 2.89. The molecule has 11 nitrogen and oxygen atoms in total. The van der Waals surface area contributed by atoms with Crippen LogP contribution in [0.25, 0.3) is 0 Å². The van der Waals surface area contributed by atoms with E-state index in [1.807, 2.05) is 11.7 Å². The number of carboxylic acids is 2. The Balaban J connectivity index is 0. The van der Waals surface area contributed by atoms with Gasteiger partial charge in [-0.1, -0.05) is 0 Å². The van der Waals surface area contributed by atoms with Gasteiger partial charge in [0.2, 0.25) is 0 Å². The molecule has 170 valence electrons. The van der Waals surface area contributed by atoms with Crippen molar-refractivity contribution in [3.8, 4) is 0 Å². The quantitative estimate of drug-likeness (QED) is 0.310. The second-order valence-electron chi connectivity index (χ2n) is 6.58. The number of nitrogens with zero attached hydrogens (tertiary/aromatic N) is 4. The third-order valence-electron chi connectivity index (χ3n) is 4.29. The topological polar surface area (TPSA) is 142 Å². The monoisotopic (exact) mass is 562 g/mol. The van der Waals surface area contributed by atoms with E-state index in [0.29, 0.717) is 52.4 Å². The first-order chi connectivity index (χ1) is 13.3. The molecule has 1 aliphatic rings. The van der Waals surface area contributed by atoms with Crippen LogP contribution >= 0.6 is 0 Å². The molecule has 0 saturated carbocycles. The molecule has 0 aliphatic carbocycles. The zero-order valence-corrected chi connectivity index (χ0v) is 19.1. The van der Waals surface area contributed by atoms with Crippen LogP contribution in [0.2, 0.25) is 0 Å². The summed E-state index contributed by atoms with van der Waals surface area (Å²) < 4.78 is 0. The summed E-state index contributed by atoms with van der Waals surface area (Å²) in [6.45, 7) is 7.32. The average molecular weight is 562 g/mol. The molecule has 1 heterocycles. The molecule has 29 heavy (non-hydrogen) atoms. The third kappa shape index (κ3) is 15.9. The minimum absolute atomic E-state index is 0. The Morgan fingerprint density at radius 1 is 0.690 bits per heavy atom. The number of hydrogen-bond acceptors (Lipinski definition) is 9. The van der Waals surface area contributed by atoms with E-state index in [1.165, 1.54) is 6.92 Å². The average Bonchev–Trinajstić information content (AvgIpc) is 2.62. The number of rotatable bonds is 7. The minimum Gasteiger partial charge on any atom is -0.480 e. The van der Waals surface area contributed by atoms with E-state index < -0.39 is 11.9 Å². The number of carboxylic acid groups (broad SMARTS) is 2. The van der Waals surface area contributed by atoms with Crippen molar-refractivity contribution in [1.82, 2.24) is 19.6 Å². The van der Waals surface area contributed by atoms with E-state index in [2.05, 4.69) is 0 Å². The molecule has 0 amide bonds. The number of carbonyl (C=O) groups excluding carboxylic acids is 2. The first-order valence-electron chi connectivity index (χ1n) is 9.02. The van der Waals surface area contributed by atoms with Crippen molar-refractivity contribution in [3.63, 3.8) is 0 Å². The standard InChI is InChI=1S/C16H30N4O6.CH2O.Gd/c1-14(22)10-17-2-3-18(11-15(23)24)4-5-19(12-16(25)26)7-9-20(13-21)8-6-17;1-2;/h21H,2-13H2,1H3,(H,23,24)(H,25,26);1H2;. The van der Waals surface area contributed by atoms with E-state index >= 15 is 0 Å². The Bertz CT molecular complexity index is 466. The van der Waals surface area contributed by atoms with Crippen molar-refractivity contribution in [2.24, 2.45) is 0 Å². The Hall–Kier alpha value is -0.595. The van der Waals surface area contributed by atoms with Gasteiger partial charge in [-0.05, 0) is 6.92 Å². The van der Waals surface area contributed by atoms with E-state index in [4.69, 9.17) is 15.0 Å². The van der Waals surface area contributed by atoms with E-state index in [-0.39, 0.29) is 72.1 Å². The van der Waals surface area contributed by atoms with E-state index in [1.54, 1.807) is 14.7 Å². The van der Waals surface area contributed by atoms with Crippen LogP contribution in [0.1, 0.15) is 6.92 Å². The number of ketones is 1. The van der Waals surface area contributed by atoms with Crippen molar-refractivity contribution >= 4 is 24.5 Å². The molecular weight excluding hydrogens is 529 g/mol. The summed E-state index contributed by atoms with van der Waals surface area (Å²) >= 11 is 0. The van der Waals surface area contributed by atoms with Gasteiger partial charge in [-0.25, -0.2) is 0 Å². The van der Waals surface area contributed by atoms with Gasteiger partial charge >= 0.3 is 11.9 Å². The largest absolute Gasteiger partial charge is 0.480 e. The fraction of sp³-hybridized carbons (Fsp3) is 0.765. The minimum atomic E-state index is -0.940. The predicted molar refractivity (Wildman–Crippen MR) is 101 cm³/mol. The molecule has 0 aromatic rings. The molecule has 3 N–H and O–H groups in total. The number of aliphatic hydroxyl groups excluding tert-OH is 1. The summed E-state index contributed by atoms with van der Waals surface area (Å²) in [5.74, 6) is -1.85. The summed E-state index contributed by atoms with van der Waals surface area (Å²) in [5.41, 5.74) is 0. The maximum Gasteiger partial charge on any atom is 0.317 e. The normalized spacial score (nSPS) is 18.3. The van der Waals surface area contributed by atoms with Crippen LogP contribution in [0.15, 0.2) is 0 Å². The van der Waals surface area contributed by atoms with Gasteiger partial charge in [-0.2, -0.15) is 0 Å². The summed E-state index contributed by atoms with van der Waals surface area (Å²) in [6, 6.07) is 0. The van der Waals surface area contributed by atoms with Crippen molar-refractivity contribution in [3.05, 3.63) is 0 Å². The van der Waals surface area contributed by atoms with Gasteiger partial charge in [0.25, 0.3) is 0 Å². The van der Waals surface area contributed by atoms with Crippen molar-refractivity contribution in [1.29, 1.82) is 0 Å². The second kappa shape index (κ2) is 18.2. The van der Waals surface area contributed by atoms with Gasteiger partial charge in [0.15, 0.2) is 0 Å². The summed E-state index contributed by atoms with van der Waals surface area (Å²) in [5, 5.41) is 27.7. The van der Waals surface area contributed by atoms with Crippen LogP contribution in [0.5, 0.6) is 0 Å². The number of carbonyl (C=O) groups is 4. The van der Waals surface area contributed by atoms with E-state index in [0.717, 1.165) is 0 Å². The van der Waals surface area contributed by atoms with Crippen LogP contribution in [0.3, 0.4) is 0 Å². The van der Waals surface area contributed by atoms with Crippen LogP contribution < -0.4 is 0 Å². The smallest absolute Gasteiger partial charge is 0.317 e. The third-order valence-corrected chi connectivity index (χ3v) is 4.29. The summed E-state index contributed by atoms with van der Waals surface area (Å²) in [6.07, 6.45) is 0. The van der Waals surface area contributed by atoms with Gasteiger partial charge < -0.3 is 20.1 Å². The molecule has 1 rings (SSSR count). The predicted octanol–water partition coefficient (Wildman–Crippen LogP) is -2.27. The van der Waals surface area contributed by atoms with Gasteiger partial charge in [0, 0.05) is 92.3 Å². The van der Waals surface area contributed by atoms with Crippen molar-refractivity contribution in [2.45, 2.75) is 6.92 Å². The number of aliphatic hydroxyl groups is 1. The molecule has 0 bridgehead atoms. The maximum absolute atomic E-state index is 11.5. The van der Waals surface area contributed by atoms with Gasteiger partial charge in [-0.15, -0.1) is 0 Å². The Labute approximate surface area is 203 Å². The fourth-order valence-electron chi connectivity index (χ4n) is 2.89. The Morgan fingerprint density at radius 2 is 0.966 bits per heavy atom. The SMILES string of the molecule is C=O.CC(=O)CN1CCN(CO)CCN(CC(=O)O)CCN(CC(=O)O)CC1.[Gd]. The van der Waals surface area contributed by atoms with Crippen LogP contribution in [0, 0.1) is 39.9 Å². The van der Waals surface area contributed by atoms with Gasteiger partial charge in [0.05, 0.1) is 26.4 Å². The zero-order chi connectivity index (χ0) is 21.5. The van der Waals surface area contributed by atoms with E-state index in [9.17, 15) is 19.5 Å². The molecule has 0 unspecified atom stereocenters. The molecule has 1 aliphatic heterocycles. The van der Waals surface area contributed by atoms with Crippen LogP contribution in [0.4, 0.5) is 0 Å². The molecule has 0 radical (unpaired) electrons. The molecular formula is C17H32GdN4O7. The molecule has 1 saturated heterocycles.